The number of hydrogen-bond donors (Lipinski definition) is 1. The van der Waals surface area contributed by atoms with Crippen molar-refractivity contribution in [3.8, 4) is 5.69 Å². The van der Waals surface area contributed by atoms with E-state index < -0.39 is 12.1 Å². The molecule has 1 aromatic heterocycles. The molecule has 7 nitrogen and oxygen atoms in total. The maximum Gasteiger partial charge on any atom is 0.334 e. The molecular formula is C19H22ClN3O4. The van der Waals surface area contributed by atoms with Crippen LogP contribution in [0.25, 0.3) is 5.69 Å². The number of amides is 1. The van der Waals surface area contributed by atoms with Crippen LogP contribution in [-0.2, 0) is 20.7 Å². The maximum absolute atomic E-state index is 12.7. The van der Waals surface area contributed by atoms with Crippen LogP contribution in [0.1, 0.15) is 22.5 Å². The number of carboxylic acid groups (broad SMARTS) is 1. The Labute approximate surface area is 162 Å². The number of aryl methyl sites for hydroxylation is 2. The summed E-state index contributed by atoms with van der Waals surface area (Å²) in [5.74, 6) is -1.18. The lowest BCUT2D eigenvalue weighted by atomic mass is 10.1. The van der Waals surface area contributed by atoms with E-state index in [1.807, 2.05) is 39.0 Å². The average molecular weight is 392 g/mol. The van der Waals surface area contributed by atoms with Gasteiger partial charge in [-0.1, -0.05) is 17.7 Å². The molecule has 0 aliphatic carbocycles. The minimum Gasteiger partial charge on any atom is -0.479 e. The number of carbonyl (C=O) groups is 2. The van der Waals surface area contributed by atoms with Crippen molar-refractivity contribution in [1.29, 1.82) is 0 Å². The Bertz CT molecular complexity index is 893. The van der Waals surface area contributed by atoms with Crippen molar-refractivity contribution in [3.05, 3.63) is 45.7 Å². The van der Waals surface area contributed by atoms with E-state index in [1.54, 1.807) is 9.58 Å². The molecule has 1 fully saturated rings. The Hall–Kier alpha value is -2.38. The first-order valence-corrected chi connectivity index (χ1v) is 9.09. The third kappa shape index (κ3) is 3.99. The van der Waals surface area contributed by atoms with Gasteiger partial charge in [-0.25, -0.2) is 9.48 Å². The number of rotatable bonds is 4. The molecule has 2 heterocycles. The zero-order valence-corrected chi connectivity index (χ0v) is 16.3. The van der Waals surface area contributed by atoms with Crippen molar-refractivity contribution in [1.82, 2.24) is 14.7 Å². The highest BCUT2D eigenvalue weighted by Gasteiger charge is 2.29. The van der Waals surface area contributed by atoms with Gasteiger partial charge in [0.15, 0.2) is 6.10 Å². The molecule has 1 atom stereocenters. The fraction of sp³-hybridized carbons (Fsp3) is 0.421. The van der Waals surface area contributed by atoms with E-state index in [4.69, 9.17) is 21.4 Å². The molecule has 144 valence electrons. The van der Waals surface area contributed by atoms with Gasteiger partial charge in [0.1, 0.15) is 0 Å². The lowest BCUT2D eigenvalue weighted by molar-refractivity contribution is -0.159. The van der Waals surface area contributed by atoms with Gasteiger partial charge in [0.05, 0.1) is 31.0 Å². The first-order chi connectivity index (χ1) is 12.8. The van der Waals surface area contributed by atoms with Crippen molar-refractivity contribution in [2.24, 2.45) is 0 Å². The van der Waals surface area contributed by atoms with Crippen LogP contribution >= 0.6 is 11.6 Å². The van der Waals surface area contributed by atoms with Crippen molar-refractivity contribution in [2.45, 2.75) is 33.3 Å². The predicted molar refractivity (Wildman–Crippen MR) is 100 cm³/mol. The number of ether oxygens (including phenoxy) is 1. The second-order valence-corrected chi connectivity index (χ2v) is 7.12. The number of aliphatic carboxylic acids is 1. The first kappa shape index (κ1) is 19.4. The van der Waals surface area contributed by atoms with E-state index in [0.29, 0.717) is 11.6 Å². The van der Waals surface area contributed by atoms with Gasteiger partial charge in [-0.3, -0.25) is 4.79 Å². The van der Waals surface area contributed by atoms with Gasteiger partial charge in [0.25, 0.3) is 0 Å². The summed E-state index contributed by atoms with van der Waals surface area (Å²) in [6.07, 6.45) is -0.800. The molecule has 0 bridgehead atoms. The van der Waals surface area contributed by atoms with E-state index >= 15 is 0 Å². The second-order valence-electron chi connectivity index (χ2n) is 6.71. The fourth-order valence-electron chi connectivity index (χ4n) is 3.18. The number of carboxylic acids is 1. The van der Waals surface area contributed by atoms with E-state index in [-0.39, 0.29) is 25.5 Å². The minimum atomic E-state index is -1.05. The summed E-state index contributed by atoms with van der Waals surface area (Å²) >= 11 is 6.23. The number of halogens is 1. The molecule has 0 radical (unpaired) electrons. The monoisotopic (exact) mass is 391 g/mol. The van der Waals surface area contributed by atoms with Crippen LogP contribution in [0.5, 0.6) is 0 Å². The molecule has 1 amide bonds. The van der Waals surface area contributed by atoms with Gasteiger partial charge in [-0.05, 0) is 38.5 Å². The van der Waals surface area contributed by atoms with E-state index in [1.165, 1.54) is 0 Å². The van der Waals surface area contributed by atoms with Gasteiger partial charge in [0, 0.05) is 22.8 Å². The predicted octanol–water partition coefficient (Wildman–Crippen LogP) is 2.31. The zero-order chi connectivity index (χ0) is 19.7. The Balaban J connectivity index is 1.81. The van der Waals surface area contributed by atoms with Gasteiger partial charge in [0.2, 0.25) is 5.91 Å². The van der Waals surface area contributed by atoms with Crippen molar-refractivity contribution in [3.63, 3.8) is 0 Å². The van der Waals surface area contributed by atoms with Gasteiger partial charge < -0.3 is 14.7 Å². The fourth-order valence-corrected chi connectivity index (χ4v) is 3.36. The standard InChI is InChI=1S/C19H22ClN3O4/c1-11-4-5-14(8-16(11)20)23-13(3)15(12(2)21-23)9-18(24)22-6-7-27-17(10-22)19(25)26/h4-5,8,17H,6-7,9-10H2,1-3H3,(H,25,26)/t17-/m1/s1. The SMILES string of the molecule is Cc1ccc(-n2nc(C)c(CC(=O)N3CCO[C@@H](C(=O)O)C3)c2C)cc1Cl. The molecular weight excluding hydrogens is 370 g/mol. The maximum atomic E-state index is 12.7. The topological polar surface area (TPSA) is 84.7 Å². The summed E-state index contributed by atoms with van der Waals surface area (Å²) in [7, 11) is 0. The Kier molecular flexibility index (Phi) is 5.53. The van der Waals surface area contributed by atoms with Crippen LogP contribution in [0.2, 0.25) is 5.02 Å². The quantitative estimate of drug-likeness (QED) is 0.864. The van der Waals surface area contributed by atoms with Crippen LogP contribution in [-0.4, -0.2) is 57.5 Å². The highest BCUT2D eigenvalue weighted by molar-refractivity contribution is 6.31. The summed E-state index contributed by atoms with van der Waals surface area (Å²) < 4.78 is 6.96. The molecule has 1 saturated heterocycles. The number of hydrogen-bond acceptors (Lipinski definition) is 4. The third-order valence-corrected chi connectivity index (χ3v) is 5.27. The number of carbonyl (C=O) groups excluding carboxylic acids is 1. The molecule has 8 heteroatoms. The summed E-state index contributed by atoms with van der Waals surface area (Å²) in [6.45, 7) is 6.39. The first-order valence-electron chi connectivity index (χ1n) is 8.71. The van der Waals surface area contributed by atoms with Crippen molar-refractivity contribution >= 4 is 23.5 Å². The van der Waals surface area contributed by atoms with Crippen molar-refractivity contribution < 1.29 is 19.4 Å². The lowest BCUT2D eigenvalue weighted by Gasteiger charge is -2.31. The number of morpholine rings is 1. The smallest absolute Gasteiger partial charge is 0.334 e. The summed E-state index contributed by atoms with van der Waals surface area (Å²) in [5.41, 5.74) is 4.29. The molecule has 1 aromatic carbocycles. The summed E-state index contributed by atoms with van der Waals surface area (Å²) in [4.78, 5) is 25.4. The summed E-state index contributed by atoms with van der Waals surface area (Å²) in [5, 5.41) is 14.3. The van der Waals surface area contributed by atoms with E-state index in [0.717, 1.165) is 28.2 Å². The molecule has 27 heavy (non-hydrogen) atoms. The molecule has 1 aliphatic heterocycles. The van der Waals surface area contributed by atoms with Crippen LogP contribution in [0.15, 0.2) is 18.2 Å². The summed E-state index contributed by atoms with van der Waals surface area (Å²) in [6, 6.07) is 5.71. The Morgan fingerprint density at radius 1 is 1.33 bits per heavy atom. The highest BCUT2D eigenvalue weighted by Crippen LogP contribution is 2.23. The molecule has 2 aromatic rings. The van der Waals surface area contributed by atoms with E-state index in [2.05, 4.69) is 5.10 Å². The van der Waals surface area contributed by atoms with Crippen LogP contribution in [0.3, 0.4) is 0 Å². The number of nitrogens with zero attached hydrogens (tertiary/aromatic N) is 3. The largest absolute Gasteiger partial charge is 0.479 e. The average Bonchev–Trinajstić information content (AvgIpc) is 2.92. The molecule has 1 aliphatic rings. The van der Waals surface area contributed by atoms with Crippen LogP contribution < -0.4 is 0 Å². The lowest BCUT2D eigenvalue weighted by Crippen LogP contribution is -2.49. The van der Waals surface area contributed by atoms with E-state index in [9.17, 15) is 9.59 Å². The molecule has 3 rings (SSSR count). The molecule has 0 spiro atoms. The number of aromatic nitrogens is 2. The second kappa shape index (κ2) is 7.70. The van der Waals surface area contributed by atoms with Gasteiger partial charge >= 0.3 is 5.97 Å². The normalized spacial score (nSPS) is 17.2. The van der Waals surface area contributed by atoms with Crippen molar-refractivity contribution in [2.75, 3.05) is 19.7 Å². The number of benzene rings is 1. The third-order valence-electron chi connectivity index (χ3n) is 4.86. The highest BCUT2D eigenvalue weighted by atomic mass is 35.5. The zero-order valence-electron chi connectivity index (χ0n) is 15.5. The molecule has 0 saturated carbocycles. The van der Waals surface area contributed by atoms with Gasteiger partial charge in [-0.2, -0.15) is 5.10 Å². The van der Waals surface area contributed by atoms with Crippen LogP contribution in [0.4, 0.5) is 0 Å². The molecule has 0 unspecified atom stereocenters. The minimum absolute atomic E-state index is 0.0635. The molecule has 1 N–H and O–H groups in total. The Morgan fingerprint density at radius 2 is 2.07 bits per heavy atom. The van der Waals surface area contributed by atoms with Crippen LogP contribution in [0, 0.1) is 20.8 Å². The Morgan fingerprint density at radius 3 is 2.74 bits per heavy atom. The van der Waals surface area contributed by atoms with Gasteiger partial charge in [-0.15, -0.1) is 0 Å².